The summed E-state index contributed by atoms with van der Waals surface area (Å²) in [7, 11) is 1.30. The van der Waals surface area contributed by atoms with Crippen molar-refractivity contribution in [2.24, 2.45) is 0 Å². The van der Waals surface area contributed by atoms with Gasteiger partial charge >= 0.3 is 5.97 Å². The van der Waals surface area contributed by atoms with E-state index < -0.39 is 11.9 Å². The van der Waals surface area contributed by atoms with E-state index >= 15 is 0 Å². The summed E-state index contributed by atoms with van der Waals surface area (Å²) in [6, 6.07) is 3.43. The Morgan fingerprint density at radius 2 is 2.22 bits per heavy atom. The van der Waals surface area contributed by atoms with Gasteiger partial charge in [0.05, 0.1) is 7.11 Å². The molecule has 1 aromatic rings. The number of carbonyl (C=O) groups excluding carboxylic acids is 1. The second-order valence-corrected chi connectivity index (χ2v) is 5.69. The summed E-state index contributed by atoms with van der Waals surface area (Å²) >= 11 is 0. The number of halogens is 2. The first-order chi connectivity index (χ1) is 11.0. The van der Waals surface area contributed by atoms with E-state index in [-0.39, 0.29) is 19.4 Å². The Labute approximate surface area is 135 Å². The summed E-state index contributed by atoms with van der Waals surface area (Å²) in [6.45, 7) is 4.31. The van der Waals surface area contributed by atoms with Crippen LogP contribution in [0, 0.1) is 0 Å². The monoisotopic (exact) mass is 324 g/mol. The lowest BCUT2D eigenvalue weighted by atomic mass is 10.1. The highest BCUT2D eigenvalue weighted by Crippen LogP contribution is 2.31. The van der Waals surface area contributed by atoms with E-state index in [2.05, 4.69) is 11.6 Å². The van der Waals surface area contributed by atoms with Gasteiger partial charge in [0.2, 0.25) is 5.92 Å². The number of methoxy groups -OCH3 is 1. The second-order valence-electron chi connectivity index (χ2n) is 5.69. The van der Waals surface area contributed by atoms with Gasteiger partial charge in [-0.15, -0.1) is 6.58 Å². The first-order valence-electron chi connectivity index (χ1n) is 7.79. The van der Waals surface area contributed by atoms with Crippen molar-refractivity contribution in [2.75, 3.05) is 25.1 Å². The van der Waals surface area contributed by atoms with Crippen LogP contribution in [-0.2, 0) is 11.2 Å². The molecule has 23 heavy (non-hydrogen) atoms. The van der Waals surface area contributed by atoms with E-state index in [0.29, 0.717) is 30.8 Å². The average Bonchev–Trinajstić information content (AvgIpc) is 2.72. The van der Waals surface area contributed by atoms with E-state index in [1.54, 1.807) is 23.1 Å². The Morgan fingerprint density at radius 1 is 1.43 bits per heavy atom. The molecule has 1 fully saturated rings. The molecule has 0 aromatic carbocycles. The normalized spacial score (nSPS) is 17.4. The molecular weight excluding hydrogens is 302 g/mol. The van der Waals surface area contributed by atoms with Crippen molar-refractivity contribution in [3.8, 4) is 0 Å². The van der Waals surface area contributed by atoms with Crippen LogP contribution in [0.5, 0.6) is 0 Å². The van der Waals surface area contributed by atoms with Gasteiger partial charge in [-0.25, -0.2) is 18.6 Å². The summed E-state index contributed by atoms with van der Waals surface area (Å²) in [5.74, 6) is -2.71. The molecule has 0 radical (unpaired) electrons. The van der Waals surface area contributed by atoms with E-state index in [4.69, 9.17) is 4.74 Å². The maximum absolute atomic E-state index is 13.6. The van der Waals surface area contributed by atoms with Crippen molar-refractivity contribution in [1.82, 2.24) is 4.98 Å². The van der Waals surface area contributed by atoms with Gasteiger partial charge in [-0.1, -0.05) is 6.08 Å². The first-order valence-corrected chi connectivity index (χ1v) is 7.79. The minimum Gasteiger partial charge on any atom is -0.465 e. The molecular formula is C17H22F2N2O2. The number of hydrogen-bond acceptors (Lipinski definition) is 4. The maximum Gasteiger partial charge on any atom is 0.341 e. The third-order valence-electron chi connectivity index (χ3n) is 3.96. The highest BCUT2D eigenvalue weighted by atomic mass is 19.3. The fraction of sp³-hybridized carbons (Fsp3) is 0.529. The number of alkyl halides is 2. The van der Waals surface area contributed by atoms with Gasteiger partial charge < -0.3 is 9.64 Å². The van der Waals surface area contributed by atoms with E-state index in [1.165, 1.54) is 7.11 Å². The molecule has 4 nitrogen and oxygen atoms in total. The summed E-state index contributed by atoms with van der Waals surface area (Å²) in [5.41, 5.74) is 1.13. The minimum absolute atomic E-state index is 0.132. The number of aryl methyl sites for hydroxylation is 1. The largest absolute Gasteiger partial charge is 0.465 e. The van der Waals surface area contributed by atoms with Crippen molar-refractivity contribution in [3.63, 3.8) is 0 Å². The fourth-order valence-corrected chi connectivity index (χ4v) is 2.66. The molecule has 1 aliphatic rings. The molecule has 0 unspecified atom stereocenters. The van der Waals surface area contributed by atoms with Crippen LogP contribution >= 0.6 is 0 Å². The smallest absolute Gasteiger partial charge is 0.341 e. The number of pyridine rings is 1. The zero-order valence-electron chi connectivity index (χ0n) is 13.4. The molecule has 1 aliphatic heterocycles. The number of anilines is 1. The number of aromatic nitrogens is 1. The van der Waals surface area contributed by atoms with Crippen molar-refractivity contribution in [2.45, 2.75) is 38.0 Å². The van der Waals surface area contributed by atoms with Crippen LogP contribution < -0.4 is 4.90 Å². The van der Waals surface area contributed by atoms with Gasteiger partial charge in [0.15, 0.2) is 0 Å². The van der Waals surface area contributed by atoms with Crippen LogP contribution in [0.1, 0.15) is 41.7 Å². The quantitative estimate of drug-likeness (QED) is 0.613. The van der Waals surface area contributed by atoms with Crippen LogP contribution in [0.2, 0.25) is 0 Å². The number of rotatable bonds is 5. The SMILES string of the molecule is C=CCCc1ccc(C(=O)OC)c(N2CCCC(F)(F)CC2)n1. The molecule has 1 aromatic heterocycles. The van der Waals surface area contributed by atoms with E-state index in [0.717, 1.165) is 12.1 Å². The molecule has 6 heteroatoms. The number of esters is 1. The van der Waals surface area contributed by atoms with E-state index in [9.17, 15) is 13.6 Å². The predicted molar refractivity (Wildman–Crippen MR) is 85.1 cm³/mol. The topological polar surface area (TPSA) is 42.4 Å². The third-order valence-corrected chi connectivity index (χ3v) is 3.96. The number of carbonyl (C=O) groups is 1. The molecule has 126 valence electrons. The van der Waals surface area contributed by atoms with Crippen LogP contribution in [0.3, 0.4) is 0 Å². The van der Waals surface area contributed by atoms with Crippen LogP contribution in [-0.4, -0.2) is 37.1 Å². The zero-order chi connectivity index (χ0) is 16.9. The zero-order valence-corrected chi connectivity index (χ0v) is 13.4. The van der Waals surface area contributed by atoms with Gasteiger partial charge in [-0.05, 0) is 31.4 Å². The van der Waals surface area contributed by atoms with Gasteiger partial charge in [0.25, 0.3) is 0 Å². The summed E-state index contributed by atoms with van der Waals surface area (Å²) in [4.78, 5) is 18.3. The Morgan fingerprint density at radius 3 is 2.91 bits per heavy atom. The molecule has 1 saturated heterocycles. The van der Waals surface area contributed by atoms with Crippen molar-refractivity contribution in [3.05, 3.63) is 36.0 Å². The van der Waals surface area contributed by atoms with Gasteiger partial charge in [0, 0.05) is 31.6 Å². The number of allylic oxidation sites excluding steroid dienone is 1. The standard InChI is InChI=1S/C17H22F2N2O2/c1-3-4-6-13-7-8-14(16(22)23-2)15(20-13)21-11-5-9-17(18,19)10-12-21/h3,7-8H,1,4-6,9-12H2,2H3. The van der Waals surface area contributed by atoms with Crippen LogP contribution in [0.25, 0.3) is 0 Å². The molecule has 2 heterocycles. The van der Waals surface area contributed by atoms with Crippen LogP contribution in [0.4, 0.5) is 14.6 Å². The lowest BCUT2D eigenvalue weighted by Crippen LogP contribution is -2.29. The van der Waals surface area contributed by atoms with Crippen molar-refractivity contribution < 1.29 is 18.3 Å². The van der Waals surface area contributed by atoms with Crippen LogP contribution in [0.15, 0.2) is 24.8 Å². The first kappa shape index (κ1) is 17.4. The Hall–Kier alpha value is -1.98. The minimum atomic E-state index is -2.65. The van der Waals surface area contributed by atoms with Crippen molar-refractivity contribution >= 4 is 11.8 Å². The highest BCUT2D eigenvalue weighted by Gasteiger charge is 2.33. The predicted octanol–water partition coefficient (Wildman–Crippen LogP) is 3.61. The van der Waals surface area contributed by atoms with Gasteiger partial charge in [-0.3, -0.25) is 0 Å². The maximum atomic E-state index is 13.6. The number of nitrogens with zero attached hydrogens (tertiary/aromatic N) is 2. The molecule has 0 N–H and O–H groups in total. The lowest BCUT2D eigenvalue weighted by Gasteiger charge is -2.24. The van der Waals surface area contributed by atoms with E-state index in [1.807, 2.05) is 0 Å². The fourth-order valence-electron chi connectivity index (χ4n) is 2.66. The molecule has 0 aliphatic carbocycles. The summed E-state index contributed by atoms with van der Waals surface area (Å²) < 4.78 is 31.9. The highest BCUT2D eigenvalue weighted by molar-refractivity contribution is 5.94. The summed E-state index contributed by atoms with van der Waals surface area (Å²) in [5, 5.41) is 0. The lowest BCUT2D eigenvalue weighted by molar-refractivity contribution is -0.0102. The number of ether oxygens (including phenoxy) is 1. The molecule has 2 rings (SSSR count). The average molecular weight is 324 g/mol. The molecule has 0 bridgehead atoms. The molecule has 0 saturated carbocycles. The third kappa shape index (κ3) is 4.50. The van der Waals surface area contributed by atoms with Gasteiger partial charge in [-0.2, -0.15) is 0 Å². The molecule has 0 atom stereocenters. The summed E-state index contributed by atoms with van der Waals surface area (Å²) in [6.07, 6.45) is 3.26. The number of hydrogen-bond donors (Lipinski definition) is 0. The van der Waals surface area contributed by atoms with Gasteiger partial charge in [0.1, 0.15) is 11.4 Å². The Kier molecular flexibility index (Phi) is 5.69. The molecule has 0 spiro atoms. The Balaban J connectivity index is 2.32. The Bertz CT molecular complexity index is 576. The van der Waals surface area contributed by atoms with Crippen molar-refractivity contribution in [1.29, 1.82) is 0 Å². The molecule has 0 amide bonds. The second kappa shape index (κ2) is 7.53.